The number of nitrogens with zero attached hydrogens (tertiary/aromatic N) is 1. The van der Waals surface area contributed by atoms with Crippen molar-refractivity contribution >= 4 is 17.6 Å². The van der Waals surface area contributed by atoms with Gasteiger partial charge in [-0.1, -0.05) is 29.8 Å². The Kier molecular flexibility index (Phi) is 5.32. The maximum atomic E-state index is 14.4. The SMILES string of the molecule is N#Cc1cccc(-c2cc([C@H](CN)CC(=O)O)ccc2Cl)c1F. The van der Waals surface area contributed by atoms with E-state index < -0.39 is 17.7 Å². The van der Waals surface area contributed by atoms with Gasteiger partial charge >= 0.3 is 5.97 Å². The number of nitriles is 1. The van der Waals surface area contributed by atoms with Crippen LogP contribution in [0.4, 0.5) is 4.39 Å². The van der Waals surface area contributed by atoms with E-state index >= 15 is 0 Å². The van der Waals surface area contributed by atoms with Gasteiger partial charge in [-0.25, -0.2) is 4.39 Å². The van der Waals surface area contributed by atoms with Crippen LogP contribution in [-0.4, -0.2) is 17.6 Å². The molecule has 0 spiro atoms. The predicted octanol–water partition coefficient (Wildman–Crippen LogP) is 3.53. The van der Waals surface area contributed by atoms with Crippen molar-refractivity contribution in [2.75, 3.05) is 6.54 Å². The van der Waals surface area contributed by atoms with E-state index in [0.717, 1.165) is 0 Å². The van der Waals surface area contributed by atoms with Gasteiger partial charge in [0.25, 0.3) is 0 Å². The first-order chi connectivity index (χ1) is 11.0. The van der Waals surface area contributed by atoms with E-state index in [1.165, 1.54) is 12.1 Å². The van der Waals surface area contributed by atoms with Crippen molar-refractivity contribution in [3.8, 4) is 17.2 Å². The Balaban J connectivity index is 2.54. The molecule has 23 heavy (non-hydrogen) atoms. The number of hydrogen-bond donors (Lipinski definition) is 2. The molecule has 2 rings (SSSR count). The second-order valence-electron chi connectivity index (χ2n) is 5.05. The standard InChI is InChI=1S/C17H14ClFN2O2/c18-15-5-4-10(12(9-21)7-16(22)23)6-14(15)13-3-1-2-11(8-20)17(13)19/h1-6,12H,7,9,21H2,(H,22,23)/t12-/m0/s1. The van der Waals surface area contributed by atoms with E-state index in [9.17, 15) is 9.18 Å². The predicted molar refractivity (Wildman–Crippen MR) is 85.6 cm³/mol. The summed E-state index contributed by atoms with van der Waals surface area (Å²) in [4.78, 5) is 10.9. The molecule has 0 aliphatic carbocycles. The molecule has 0 bridgehead atoms. The molecule has 118 valence electrons. The van der Waals surface area contributed by atoms with E-state index in [0.29, 0.717) is 16.1 Å². The zero-order valence-electron chi connectivity index (χ0n) is 12.1. The van der Waals surface area contributed by atoms with Crippen LogP contribution in [0.3, 0.4) is 0 Å². The van der Waals surface area contributed by atoms with Gasteiger partial charge in [0.15, 0.2) is 0 Å². The molecule has 0 fully saturated rings. The molecule has 3 N–H and O–H groups in total. The molecule has 0 aromatic heterocycles. The lowest BCUT2D eigenvalue weighted by Gasteiger charge is -2.15. The molecule has 2 aromatic carbocycles. The third kappa shape index (κ3) is 3.67. The van der Waals surface area contributed by atoms with E-state index in [-0.39, 0.29) is 24.1 Å². The summed E-state index contributed by atoms with van der Waals surface area (Å²) in [7, 11) is 0. The summed E-state index contributed by atoms with van der Waals surface area (Å²) in [6, 6.07) is 11.1. The molecular weight excluding hydrogens is 319 g/mol. The number of rotatable bonds is 5. The highest BCUT2D eigenvalue weighted by Gasteiger charge is 2.18. The zero-order chi connectivity index (χ0) is 17.0. The van der Waals surface area contributed by atoms with Crippen LogP contribution in [0.15, 0.2) is 36.4 Å². The monoisotopic (exact) mass is 332 g/mol. The second kappa shape index (κ2) is 7.23. The fourth-order valence-electron chi connectivity index (χ4n) is 2.38. The summed E-state index contributed by atoms with van der Waals surface area (Å²) in [5, 5.41) is 18.2. The third-order valence-corrected chi connectivity index (χ3v) is 3.91. The average molecular weight is 333 g/mol. The summed E-state index contributed by atoms with van der Waals surface area (Å²) < 4.78 is 14.4. The van der Waals surface area contributed by atoms with Crippen LogP contribution in [0.25, 0.3) is 11.1 Å². The van der Waals surface area contributed by atoms with Crippen molar-refractivity contribution < 1.29 is 14.3 Å². The summed E-state index contributed by atoms with van der Waals surface area (Å²) in [5.74, 6) is -2.02. The number of carboxylic acids is 1. The van der Waals surface area contributed by atoms with E-state index in [1.807, 2.05) is 0 Å². The van der Waals surface area contributed by atoms with Crippen LogP contribution in [0, 0.1) is 17.1 Å². The highest BCUT2D eigenvalue weighted by Crippen LogP contribution is 2.34. The number of halogens is 2. The third-order valence-electron chi connectivity index (χ3n) is 3.58. The number of hydrogen-bond acceptors (Lipinski definition) is 3. The Bertz CT molecular complexity index is 787. The number of nitrogens with two attached hydrogens (primary N) is 1. The molecule has 0 heterocycles. The molecule has 0 aliphatic heterocycles. The Morgan fingerprint density at radius 3 is 2.70 bits per heavy atom. The van der Waals surface area contributed by atoms with Gasteiger partial charge < -0.3 is 10.8 Å². The van der Waals surface area contributed by atoms with E-state index in [4.69, 9.17) is 27.7 Å². The molecule has 1 atom stereocenters. The minimum absolute atomic E-state index is 0.0788. The summed E-state index contributed by atoms with van der Waals surface area (Å²) in [6.07, 6.45) is -0.127. The van der Waals surface area contributed by atoms with E-state index in [1.54, 1.807) is 30.3 Å². The van der Waals surface area contributed by atoms with E-state index in [2.05, 4.69) is 0 Å². The second-order valence-corrected chi connectivity index (χ2v) is 5.46. The first-order valence-electron chi connectivity index (χ1n) is 6.88. The first kappa shape index (κ1) is 16.9. The number of carboxylic acid groups (broad SMARTS) is 1. The van der Waals surface area contributed by atoms with Gasteiger partial charge in [-0.15, -0.1) is 0 Å². The smallest absolute Gasteiger partial charge is 0.304 e. The number of benzene rings is 2. The van der Waals surface area contributed by atoms with Crippen molar-refractivity contribution in [2.24, 2.45) is 5.73 Å². The lowest BCUT2D eigenvalue weighted by molar-refractivity contribution is -0.137. The zero-order valence-corrected chi connectivity index (χ0v) is 12.8. The van der Waals surface area contributed by atoms with Gasteiger partial charge in [-0.2, -0.15) is 5.26 Å². The van der Waals surface area contributed by atoms with Crippen LogP contribution in [0.5, 0.6) is 0 Å². The lowest BCUT2D eigenvalue weighted by atomic mass is 9.92. The van der Waals surface area contributed by atoms with Crippen molar-refractivity contribution in [2.45, 2.75) is 12.3 Å². The Morgan fingerprint density at radius 1 is 1.35 bits per heavy atom. The number of aliphatic carboxylic acids is 1. The normalized spacial score (nSPS) is 11.7. The lowest BCUT2D eigenvalue weighted by Crippen LogP contribution is -2.16. The van der Waals surface area contributed by atoms with Crippen LogP contribution in [0.2, 0.25) is 5.02 Å². The highest BCUT2D eigenvalue weighted by molar-refractivity contribution is 6.33. The molecule has 4 nitrogen and oxygen atoms in total. The van der Waals surface area contributed by atoms with Gasteiger partial charge in [-0.05, 0) is 30.3 Å². The molecule has 0 amide bonds. The summed E-state index contributed by atoms with van der Waals surface area (Å²) in [5.41, 5.74) is 6.83. The molecule has 0 radical (unpaired) electrons. The number of carbonyl (C=O) groups is 1. The molecule has 0 unspecified atom stereocenters. The molecule has 0 saturated heterocycles. The van der Waals surface area contributed by atoms with Crippen LogP contribution < -0.4 is 5.73 Å². The van der Waals surface area contributed by atoms with Crippen molar-refractivity contribution in [3.63, 3.8) is 0 Å². The Morgan fingerprint density at radius 2 is 2.09 bits per heavy atom. The van der Waals surface area contributed by atoms with Crippen molar-refractivity contribution in [3.05, 3.63) is 58.4 Å². The van der Waals surface area contributed by atoms with Gasteiger partial charge in [0, 0.05) is 22.1 Å². The quantitative estimate of drug-likeness (QED) is 0.876. The largest absolute Gasteiger partial charge is 0.481 e. The van der Waals surface area contributed by atoms with Crippen LogP contribution >= 0.6 is 11.6 Å². The maximum absolute atomic E-state index is 14.4. The topological polar surface area (TPSA) is 87.1 Å². The van der Waals surface area contributed by atoms with Gasteiger partial charge in [0.2, 0.25) is 0 Å². The fraction of sp³-hybridized carbons (Fsp3) is 0.176. The average Bonchev–Trinajstić information content (AvgIpc) is 2.53. The highest BCUT2D eigenvalue weighted by atomic mass is 35.5. The summed E-state index contributed by atoms with van der Waals surface area (Å²) in [6.45, 7) is 0.147. The fourth-order valence-corrected chi connectivity index (χ4v) is 2.60. The molecule has 0 saturated carbocycles. The van der Waals surface area contributed by atoms with Gasteiger partial charge in [0.1, 0.15) is 11.9 Å². The first-order valence-corrected chi connectivity index (χ1v) is 7.26. The Hall–Kier alpha value is -2.42. The Labute approximate surface area is 137 Å². The van der Waals surface area contributed by atoms with Crippen LogP contribution in [0.1, 0.15) is 23.5 Å². The molecule has 6 heteroatoms. The molecular formula is C17H14ClFN2O2. The van der Waals surface area contributed by atoms with Crippen LogP contribution in [-0.2, 0) is 4.79 Å². The van der Waals surface area contributed by atoms with Crippen molar-refractivity contribution in [1.82, 2.24) is 0 Å². The van der Waals surface area contributed by atoms with Gasteiger partial charge in [0.05, 0.1) is 12.0 Å². The summed E-state index contributed by atoms with van der Waals surface area (Å²) >= 11 is 6.15. The molecule has 2 aromatic rings. The maximum Gasteiger partial charge on any atom is 0.304 e. The minimum Gasteiger partial charge on any atom is -0.481 e. The van der Waals surface area contributed by atoms with Crippen molar-refractivity contribution in [1.29, 1.82) is 5.26 Å². The van der Waals surface area contributed by atoms with Gasteiger partial charge in [-0.3, -0.25) is 4.79 Å². The minimum atomic E-state index is -0.963. The molecule has 0 aliphatic rings.